The highest BCUT2D eigenvalue weighted by atomic mass is 16.5. The van der Waals surface area contributed by atoms with Gasteiger partial charge in [0.15, 0.2) is 0 Å². The van der Waals surface area contributed by atoms with Gasteiger partial charge in [-0.3, -0.25) is 0 Å². The summed E-state index contributed by atoms with van der Waals surface area (Å²) in [5.74, 6) is 0.349. The SMILES string of the molecule is CC(Oc1ccc(C(=O)O)cc1)C1CCCNC1. The monoisotopic (exact) mass is 249 g/mol. The number of carboxylic acid groups (broad SMARTS) is 1. The van der Waals surface area contributed by atoms with Gasteiger partial charge in [0.1, 0.15) is 5.75 Å². The molecule has 0 bridgehead atoms. The predicted octanol–water partition coefficient (Wildman–Crippen LogP) is 2.15. The third-order valence-electron chi connectivity index (χ3n) is 3.42. The van der Waals surface area contributed by atoms with Crippen LogP contribution in [0, 0.1) is 5.92 Å². The maximum absolute atomic E-state index is 10.7. The van der Waals surface area contributed by atoms with Crippen LogP contribution in [0.2, 0.25) is 0 Å². The molecule has 1 aromatic carbocycles. The Hall–Kier alpha value is -1.55. The van der Waals surface area contributed by atoms with E-state index < -0.39 is 5.97 Å². The van der Waals surface area contributed by atoms with Gasteiger partial charge >= 0.3 is 5.97 Å². The standard InChI is InChI=1S/C14H19NO3/c1-10(12-3-2-8-15-9-12)18-13-6-4-11(5-7-13)14(16)17/h4-7,10,12,15H,2-3,8-9H2,1H3,(H,16,17). The molecule has 0 spiro atoms. The number of carbonyl (C=O) groups is 1. The number of benzene rings is 1. The van der Waals surface area contributed by atoms with Gasteiger partial charge in [0.25, 0.3) is 0 Å². The zero-order valence-electron chi connectivity index (χ0n) is 10.6. The van der Waals surface area contributed by atoms with E-state index in [2.05, 4.69) is 12.2 Å². The average Bonchev–Trinajstić information content (AvgIpc) is 2.40. The van der Waals surface area contributed by atoms with Crippen LogP contribution < -0.4 is 10.1 Å². The van der Waals surface area contributed by atoms with Gasteiger partial charge in [0, 0.05) is 12.5 Å². The minimum absolute atomic E-state index is 0.147. The summed E-state index contributed by atoms with van der Waals surface area (Å²) in [5, 5.41) is 12.2. The Morgan fingerprint density at radius 2 is 2.17 bits per heavy atom. The van der Waals surface area contributed by atoms with E-state index in [1.54, 1.807) is 24.3 Å². The number of rotatable bonds is 4. The lowest BCUT2D eigenvalue weighted by molar-refractivity contribution is 0.0697. The second-order valence-electron chi connectivity index (χ2n) is 4.76. The highest BCUT2D eigenvalue weighted by molar-refractivity contribution is 5.87. The molecule has 2 atom stereocenters. The van der Waals surface area contributed by atoms with E-state index in [0.29, 0.717) is 5.92 Å². The second-order valence-corrected chi connectivity index (χ2v) is 4.76. The molecule has 2 unspecified atom stereocenters. The van der Waals surface area contributed by atoms with E-state index in [1.165, 1.54) is 12.8 Å². The average molecular weight is 249 g/mol. The van der Waals surface area contributed by atoms with Crippen LogP contribution in [0.1, 0.15) is 30.1 Å². The van der Waals surface area contributed by atoms with Gasteiger partial charge in [0.05, 0.1) is 11.7 Å². The zero-order chi connectivity index (χ0) is 13.0. The Morgan fingerprint density at radius 1 is 1.44 bits per heavy atom. The van der Waals surface area contributed by atoms with E-state index >= 15 is 0 Å². The minimum Gasteiger partial charge on any atom is -0.490 e. The fraction of sp³-hybridized carbons (Fsp3) is 0.500. The van der Waals surface area contributed by atoms with Crippen LogP contribution in [0.5, 0.6) is 5.75 Å². The molecule has 1 aromatic rings. The van der Waals surface area contributed by atoms with E-state index in [1.807, 2.05) is 0 Å². The summed E-state index contributed by atoms with van der Waals surface area (Å²) in [6.45, 7) is 4.16. The third-order valence-corrected chi connectivity index (χ3v) is 3.42. The van der Waals surface area contributed by atoms with Gasteiger partial charge in [0.2, 0.25) is 0 Å². The summed E-state index contributed by atoms with van der Waals surface area (Å²) < 4.78 is 5.86. The van der Waals surface area contributed by atoms with Crippen molar-refractivity contribution in [2.75, 3.05) is 13.1 Å². The molecule has 2 N–H and O–H groups in total. The van der Waals surface area contributed by atoms with Crippen LogP contribution >= 0.6 is 0 Å². The topological polar surface area (TPSA) is 58.6 Å². The number of carboxylic acids is 1. The first-order chi connectivity index (χ1) is 8.66. The van der Waals surface area contributed by atoms with Crippen molar-refractivity contribution in [3.8, 4) is 5.75 Å². The third kappa shape index (κ3) is 3.23. The highest BCUT2D eigenvalue weighted by Gasteiger charge is 2.21. The summed E-state index contributed by atoms with van der Waals surface area (Å²) in [6.07, 6.45) is 2.52. The van der Waals surface area contributed by atoms with Gasteiger partial charge in [-0.2, -0.15) is 0 Å². The quantitative estimate of drug-likeness (QED) is 0.858. The van der Waals surface area contributed by atoms with E-state index in [9.17, 15) is 4.79 Å². The smallest absolute Gasteiger partial charge is 0.335 e. The molecule has 2 rings (SSSR count). The van der Waals surface area contributed by atoms with E-state index in [0.717, 1.165) is 18.8 Å². The molecule has 0 amide bonds. The number of hydrogen-bond donors (Lipinski definition) is 2. The Balaban J connectivity index is 1.93. The largest absolute Gasteiger partial charge is 0.490 e. The summed E-state index contributed by atoms with van der Waals surface area (Å²) in [5.41, 5.74) is 0.286. The molecule has 1 fully saturated rings. The first-order valence-electron chi connectivity index (χ1n) is 6.37. The molecule has 0 saturated carbocycles. The maximum atomic E-state index is 10.7. The highest BCUT2D eigenvalue weighted by Crippen LogP contribution is 2.21. The van der Waals surface area contributed by atoms with Gasteiger partial charge in [-0.1, -0.05) is 0 Å². The van der Waals surface area contributed by atoms with Crippen LogP contribution in [0.4, 0.5) is 0 Å². The number of ether oxygens (including phenoxy) is 1. The molecule has 1 aliphatic rings. The number of nitrogens with one attached hydrogen (secondary N) is 1. The summed E-state index contributed by atoms with van der Waals surface area (Å²) in [7, 11) is 0. The van der Waals surface area contributed by atoms with Crippen molar-refractivity contribution >= 4 is 5.97 Å². The molecule has 0 aromatic heterocycles. The Kier molecular flexibility index (Phi) is 4.20. The first-order valence-corrected chi connectivity index (χ1v) is 6.37. The molecular formula is C14H19NO3. The normalized spacial score (nSPS) is 21.3. The van der Waals surface area contributed by atoms with Crippen molar-refractivity contribution in [3.63, 3.8) is 0 Å². The number of aromatic carboxylic acids is 1. The molecule has 1 aliphatic heterocycles. The fourth-order valence-electron chi connectivity index (χ4n) is 2.27. The Morgan fingerprint density at radius 3 is 2.72 bits per heavy atom. The van der Waals surface area contributed by atoms with Crippen molar-refractivity contribution in [2.24, 2.45) is 5.92 Å². The van der Waals surface area contributed by atoms with Crippen molar-refractivity contribution in [1.82, 2.24) is 5.32 Å². The molecule has 4 heteroatoms. The molecule has 4 nitrogen and oxygen atoms in total. The lowest BCUT2D eigenvalue weighted by Crippen LogP contribution is -2.37. The van der Waals surface area contributed by atoms with Gasteiger partial charge in [-0.15, -0.1) is 0 Å². The number of piperidine rings is 1. The molecule has 98 valence electrons. The summed E-state index contributed by atoms with van der Waals surface area (Å²) in [6, 6.07) is 6.58. The van der Waals surface area contributed by atoms with Crippen molar-refractivity contribution in [2.45, 2.75) is 25.9 Å². The van der Waals surface area contributed by atoms with Crippen LogP contribution in [0.3, 0.4) is 0 Å². The van der Waals surface area contributed by atoms with Gasteiger partial charge in [-0.05, 0) is 50.6 Å². The Bertz CT molecular complexity index is 396. The molecule has 18 heavy (non-hydrogen) atoms. The number of hydrogen-bond acceptors (Lipinski definition) is 3. The summed E-state index contributed by atoms with van der Waals surface area (Å²) in [4.78, 5) is 10.7. The molecule has 1 saturated heterocycles. The molecular weight excluding hydrogens is 230 g/mol. The van der Waals surface area contributed by atoms with Crippen molar-refractivity contribution in [1.29, 1.82) is 0 Å². The van der Waals surface area contributed by atoms with Crippen LogP contribution in [-0.4, -0.2) is 30.3 Å². The molecule has 0 radical (unpaired) electrons. The van der Waals surface area contributed by atoms with Crippen molar-refractivity contribution in [3.05, 3.63) is 29.8 Å². The zero-order valence-corrected chi connectivity index (χ0v) is 10.6. The Labute approximate surface area is 107 Å². The predicted molar refractivity (Wildman–Crippen MR) is 69.1 cm³/mol. The fourth-order valence-corrected chi connectivity index (χ4v) is 2.27. The van der Waals surface area contributed by atoms with E-state index in [4.69, 9.17) is 9.84 Å². The van der Waals surface area contributed by atoms with Crippen molar-refractivity contribution < 1.29 is 14.6 Å². The maximum Gasteiger partial charge on any atom is 0.335 e. The van der Waals surface area contributed by atoms with Crippen LogP contribution in [-0.2, 0) is 0 Å². The van der Waals surface area contributed by atoms with E-state index in [-0.39, 0.29) is 11.7 Å². The molecule has 0 aliphatic carbocycles. The minimum atomic E-state index is -0.911. The lowest BCUT2D eigenvalue weighted by atomic mass is 9.94. The van der Waals surface area contributed by atoms with Crippen LogP contribution in [0.25, 0.3) is 0 Å². The molecule has 1 heterocycles. The summed E-state index contributed by atoms with van der Waals surface area (Å²) >= 11 is 0. The second kappa shape index (κ2) is 5.87. The first kappa shape index (κ1) is 12.9. The lowest BCUT2D eigenvalue weighted by Gasteiger charge is -2.28. The van der Waals surface area contributed by atoms with Crippen LogP contribution in [0.15, 0.2) is 24.3 Å². The van der Waals surface area contributed by atoms with Gasteiger partial charge < -0.3 is 15.2 Å². The van der Waals surface area contributed by atoms with Gasteiger partial charge in [-0.25, -0.2) is 4.79 Å².